The molecule has 3 nitrogen and oxygen atoms in total. The minimum atomic E-state index is -0.103. The normalized spacial score (nSPS) is 36.4. The molecule has 1 saturated heterocycles. The van der Waals surface area contributed by atoms with Crippen LogP contribution in [0, 0.1) is 11.3 Å². The lowest BCUT2D eigenvalue weighted by Gasteiger charge is -2.36. The summed E-state index contributed by atoms with van der Waals surface area (Å²) in [5, 5.41) is 12.3. The summed E-state index contributed by atoms with van der Waals surface area (Å²) in [6.45, 7) is 5.37. The maximum absolute atomic E-state index is 11.1. The first kappa shape index (κ1) is 9.68. The van der Waals surface area contributed by atoms with E-state index >= 15 is 0 Å². The molecule has 70 valence electrons. The van der Waals surface area contributed by atoms with Crippen LogP contribution in [-0.2, 0) is 4.79 Å². The zero-order chi connectivity index (χ0) is 9.19. The second-order valence-corrected chi connectivity index (χ2v) is 4.11. The molecule has 2 N–H and O–H groups in total. The summed E-state index contributed by atoms with van der Waals surface area (Å²) < 4.78 is 0. The van der Waals surface area contributed by atoms with E-state index in [9.17, 15) is 4.79 Å². The fourth-order valence-electron chi connectivity index (χ4n) is 1.70. The smallest absolute Gasteiger partial charge is 0.134 e. The predicted molar refractivity (Wildman–Crippen MR) is 46.9 cm³/mol. The van der Waals surface area contributed by atoms with Crippen LogP contribution >= 0.6 is 0 Å². The standard InChI is InChI=1S/C9H17NO2/c1-7(12)8-3-9(2,6-11)5-10-4-8/h8,10-11H,3-6H2,1-2H3. The Morgan fingerprint density at radius 1 is 1.75 bits per heavy atom. The molecule has 1 aliphatic rings. The molecule has 0 aliphatic carbocycles. The van der Waals surface area contributed by atoms with Crippen molar-refractivity contribution in [1.82, 2.24) is 5.32 Å². The van der Waals surface area contributed by atoms with Gasteiger partial charge in [0.25, 0.3) is 0 Å². The summed E-state index contributed by atoms with van der Waals surface area (Å²) in [5.41, 5.74) is -0.103. The Morgan fingerprint density at radius 3 is 2.92 bits per heavy atom. The van der Waals surface area contributed by atoms with Crippen molar-refractivity contribution in [2.45, 2.75) is 20.3 Å². The highest BCUT2D eigenvalue weighted by Gasteiger charge is 2.33. The number of aliphatic hydroxyl groups is 1. The van der Waals surface area contributed by atoms with Crippen molar-refractivity contribution in [2.75, 3.05) is 19.7 Å². The highest BCUT2D eigenvalue weighted by atomic mass is 16.3. The number of piperidine rings is 1. The van der Waals surface area contributed by atoms with Gasteiger partial charge < -0.3 is 10.4 Å². The Bertz CT molecular complexity index is 181. The Balaban J connectivity index is 2.57. The van der Waals surface area contributed by atoms with Gasteiger partial charge in [-0.2, -0.15) is 0 Å². The number of rotatable bonds is 2. The molecule has 0 spiro atoms. The Kier molecular flexibility index (Phi) is 2.85. The first-order valence-electron chi connectivity index (χ1n) is 4.39. The molecule has 0 aromatic rings. The van der Waals surface area contributed by atoms with Crippen LogP contribution in [0.1, 0.15) is 20.3 Å². The van der Waals surface area contributed by atoms with E-state index in [0.717, 1.165) is 19.5 Å². The third kappa shape index (κ3) is 2.05. The molecule has 1 fully saturated rings. The summed E-state index contributed by atoms with van der Waals surface area (Å²) in [6.07, 6.45) is 0.811. The van der Waals surface area contributed by atoms with E-state index in [4.69, 9.17) is 5.11 Å². The van der Waals surface area contributed by atoms with Crippen molar-refractivity contribution in [1.29, 1.82) is 0 Å². The summed E-state index contributed by atoms with van der Waals surface area (Å²) in [4.78, 5) is 11.1. The lowest BCUT2D eigenvalue weighted by atomic mass is 9.77. The molecule has 0 radical (unpaired) electrons. The summed E-state index contributed by atoms with van der Waals surface area (Å²) in [6, 6.07) is 0. The van der Waals surface area contributed by atoms with Crippen LogP contribution in [0.2, 0.25) is 0 Å². The molecule has 2 atom stereocenters. The van der Waals surface area contributed by atoms with E-state index < -0.39 is 0 Å². The predicted octanol–water partition coefficient (Wildman–Crippen LogP) is 0.183. The van der Waals surface area contributed by atoms with E-state index in [-0.39, 0.29) is 23.7 Å². The summed E-state index contributed by atoms with van der Waals surface area (Å²) >= 11 is 0. The van der Waals surface area contributed by atoms with Crippen molar-refractivity contribution < 1.29 is 9.90 Å². The minimum absolute atomic E-state index is 0.0934. The monoisotopic (exact) mass is 171 g/mol. The molecule has 1 rings (SSSR count). The van der Waals surface area contributed by atoms with Crippen LogP contribution in [-0.4, -0.2) is 30.6 Å². The molecule has 0 bridgehead atoms. The van der Waals surface area contributed by atoms with E-state index in [2.05, 4.69) is 5.32 Å². The average molecular weight is 171 g/mol. The molecule has 1 heterocycles. The molecular weight excluding hydrogens is 154 g/mol. The van der Waals surface area contributed by atoms with E-state index in [1.54, 1.807) is 6.92 Å². The molecule has 0 amide bonds. The van der Waals surface area contributed by atoms with Crippen LogP contribution in [0.25, 0.3) is 0 Å². The van der Waals surface area contributed by atoms with E-state index in [1.165, 1.54) is 0 Å². The lowest BCUT2D eigenvalue weighted by molar-refractivity contribution is -0.122. The second kappa shape index (κ2) is 3.54. The first-order chi connectivity index (χ1) is 5.57. The largest absolute Gasteiger partial charge is 0.396 e. The molecule has 3 heteroatoms. The van der Waals surface area contributed by atoms with Crippen LogP contribution in [0.15, 0.2) is 0 Å². The second-order valence-electron chi connectivity index (χ2n) is 4.11. The number of carbonyl (C=O) groups excluding carboxylic acids is 1. The van der Waals surface area contributed by atoms with Gasteiger partial charge in [0.15, 0.2) is 0 Å². The Labute approximate surface area is 73.2 Å². The van der Waals surface area contributed by atoms with Crippen LogP contribution in [0.3, 0.4) is 0 Å². The van der Waals surface area contributed by atoms with Gasteiger partial charge in [0, 0.05) is 31.0 Å². The van der Waals surface area contributed by atoms with Crippen LogP contribution in [0.5, 0.6) is 0 Å². The van der Waals surface area contributed by atoms with Crippen molar-refractivity contribution in [3.05, 3.63) is 0 Å². The van der Waals surface area contributed by atoms with Crippen molar-refractivity contribution in [3.63, 3.8) is 0 Å². The molecule has 0 aromatic carbocycles. The number of hydrogen-bond acceptors (Lipinski definition) is 3. The highest BCUT2D eigenvalue weighted by Crippen LogP contribution is 2.28. The third-order valence-corrected chi connectivity index (χ3v) is 2.64. The van der Waals surface area contributed by atoms with Crippen molar-refractivity contribution >= 4 is 5.78 Å². The molecular formula is C9H17NO2. The molecule has 0 saturated carbocycles. The van der Waals surface area contributed by atoms with Crippen molar-refractivity contribution in [2.24, 2.45) is 11.3 Å². The van der Waals surface area contributed by atoms with Gasteiger partial charge >= 0.3 is 0 Å². The van der Waals surface area contributed by atoms with E-state index in [1.807, 2.05) is 6.92 Å². The van der Waals surface area contributed by atoms with Crippen LogP contribution < -0.4 is 5.32 Å². The van der Waals surface area contributed by atoms with Gasteiger partial charge in [-0.05, 0) is 13.3 Å². The number of nitrogens with one attached hydrogen (secondary N) is 1. The fraction of sp³-hybridized carbons (Fsp3) is 0.889. The number of Topliss-reactive ketones (excluding diaryl/α,β-unsaturated/α-hetero) is 1. The zero-order valence-electron chi connectivity index (χ0n) is 7.76. The van der Waals surface area contributed by atoms with E-state index in [0.29, 0.717) is 0 Å². The maximum Gasteiger partial charge on any atom is 0.134 e. The fourth-order valence-corrected chi connectivity index (χ4v) is 1.70. The van der Waals surface area contributed by atoms with Gasteiger partial charge in [0.05, 0.1) is 0 Å². The van der Waals surface area contributed by atoms with Crippen molar-refractivity contribution in [3.8, 4) is 0 Å². The van der Waals surface area contributed by atoms with Gasteiger partial charge in [0.1, 0.15) is 5.78 Å². The first-order valence-corrected chi connectivity index (χ1v) is 4.39. The van der Waals surface area contributed by atoms with Gasteiger partial charge in [-0.15, -0.1) is 0 Å². The molecule has 12 heavy (non-hydrogen) atoms. The zero-order valence-corrected chi connectivity index (χ0v) is 7.76. The summed E-state index contributed by atoms with van der Waals surface area (Å²) in [5.74, 6) is 0.317. The summed E-state index contributed by atoms with van der Waals surface area (Å²) in [7, 11) is 0. The van der Waals surface area contributed by atoms with Crippen LogP contribution in [0.4, 0.5) is 0 Å². The number of aliphatic hydroxyl groups excluding tert-OH is 1. The van der Waals surface area contributed by atoms with Gasteiger partial charge in [0.2, 0.25) is 0 Å². The Morgan fingerprint density at radius 2 is 2.42 bits per heavy atom. The molecule has 2 unspecified atom stereocenters. The number of ketones is 1. The Hall–Kier alpha value is -0.410. The van der Waals surface area contributed by atoms with Gasteiger partial charge in [-0.1, -0.05) is 6.92 Å². The average Bonchev–Trinajstić information content (AvgIpc) is 2.05. The molecule has 1 aliphatic heterocycles. The van der Waals surface area contributed by atoms with Gasteiger partial charge in [-0.3, -0.25) is 4.79 Å². The highest BCUT2D eigenvalue weighted by molar-refractivity contribution is 5.78. The third-order valence-electron chi connectivity index (χ3n) is 2.64. The number of carbonyl (C=O) groups is 1. The maximum atomic E-state index is 11.1. The minimum Gasteiger partial charge on any atom is -0.396 e. The topological polar surface area (TPSA) is 49.3 Å². The quantitative estimate of drug-likeness (QED) is 0.623. The van der Waals surface area contributed by atoms with Gasteiger partial charge in [-0.25, -0.2) is 0 Å². The SMILES string of the molecule is CC(=O)C1CNCC(C)(CO)C1. The lowest BCUT2D eigenvalue weighted by Crippen LogP contribution is -2.46. The molecule has 0 aromatic heterocycles. The number of hydrogen-bond donors (Lipinski definition) is 2.